The van der Waals surface area contributed by atoms with Gasteiger partial charge in [0.15, 0.2) is 0 Å². The lowest BCUT2D eigenvalue weighted by Crippen LogP contribution is -2.53. The van der Waals surface area contributed by atoms with Gasteiger partial charge in [-0.05, 0) is 46.2 Å². The summed E-state index contributed by atoms with van der Waals surface area (Å²) in [7, 11) is 0. The molecule has 0 aliphatic carbocycles. The van der Waals surface area contributed by atoms with Gasteiger partial charge in [0.25, 0.3) is 0 Å². The zero-order valence-corrected chi connectivity index (χ0v) is 11.3. The molecule has 3 N–H and O–H groups in total. The van der Waals surface area contributed by atoms with Crippen molar-refractivity contribution in [2.75, 3.05) is 5.32 Å². The van der Waals surface area contributed by atoms with Crippen molar-refractivity contribution in [1.29, 1.82) is 0 Å². The molecule has 0 bridgehead atoms. The second kappa shape index (κ2) is 4.49. The molecule has 0 atom stereocenters. The van der Waals surface area contributed by atoms with Gasteiger partial charge in [-0.15, -0.1) is 0 Å². The molecule has 3 heteroatoms. The van der Waals surface area contributed by atoms with E-state index in [1.807, 2.05) is 58.9 Å². The van der Waals surface area contributed by atoms with Gasteiger partial charge >= 0.3 is 0 Å². The molecule has 0 heterocycles. The molecule has 1 aromatic rings. The van der Waals surface area contributed by atoms with E-state index in [0.29, 0.717) is 0 Å². The van der Waals surface area contributed by atoms with Crippen molar-refractivity contribution in [3.63, 3.8) is 0 Å². The first-order valence-electron chi connectivity index (χ1n) is 5.82. The summed E-state index contributed by atoms with van der Waals surface area (Å²) in [6.07, 6.45) is 0. The highest BCUT2D eigenvalue weighted by Crippen LogP contribution is 2.30. The van der Waals surface area contributed by atoms with Gasteiger partial charge in [-0.25, -0.2) is 0 Å². The normalized spacial score (nSPS) is 12.4. The number of nitrogens with one attached hydrogen (secondary N) is 1. The van der Waals surface area contributed by atoms with Gasteiger partial charge in [-0.2, -0.15) is 0 Å². The number of benzene rings is 1. The van der Waals surface area contributed by atoms with Gasteiger partial charge in [-0.1, -0.05) is 18.2 Å². The number of aryl methyl sites for hydroxylation is 1. The quantitative estimate of drug-likeness (QED) is 0.844. The van der Waals surface area contributed by atoms with Crippen LogP contribution >= 0.6 is 0 Å². The summed E-state index contributed by atoms with van der Waals surface area (Å²) in [6, 6.07) is 7.72. The molecule has 1 rings (SSSR count). The first-order chi connectivity index (χ1) is 7.66. The van der Waals surface area contributed by atoms with Crippen molar-refractivity contribution in [2.24, 2.45) is 11.1 Å². The van der Waals surface area contributed by atoms with Gasteiger partial charge in [0.1, 0.15) is 0 Å². The van der Waals surface area contributed by atoms with Gasteiger partial charge in [-0.3, -0.25) is 4.79 Å². The molecule has 0 aliphatic rings. The molecule has 3 nitrogen and oxygen atoms in total. The highest BCUT2D eigenvalue weighted by molar-refractivity contribution is 5.96. The SMILES string of the molecule is Cc1ccccc1NC(=O)C(C)(C)C(C)(C)N. The van der Waals surface area contributed by atoms with E-state index in [4.69, 9.17) is 5.73 Å². The van der Waals surface area contributed by atoms with Crippen LogP contribution in [0.1, 0.15) is 33.3 Å². The Kier molecular flexibility index (Phi) is 3.62. The summed E-state index contributed by atoms with van der Waals surface area (Å²) < 4.78 is 0. The molecule has 17 heavy (non-hydrogen) atoms. The third-order valence-corrected chi connectivity index (χ3v) is 3.57. The average molecular weight is 234 g/mol. The fourth-order valence-electron chi connectivity index (χ4n) is 1.28. The predicted molar refractivity (Wildman–Crippen MR) is 71.9 cm³/mol. The van der Waals surface area contributed by atoms with Crippen molar-refractivity contribution in [2.45, 2.75) is 40.2 Å². The topological polar surface area (TPSA) is 55.1 Å². The molecule has 94 valence electrons. The third kappa shape index (κ3) is 2.86. The first kappa shape index (κ1) is 13.7. The smallest absolute Gasteiger partial charge is 0.231 e. The summed E-state index contributed by atoms with van der Waals surface area (Å²) in [5, 5.41) is 2.94. The third-order valence-electron chi connectivity index (χ3n) is 3.57. The molecule has 0 saturated carbocycles. The Morgan fingerprint density at radius 2 is 1.71 bits per heavy atom. The zero-order valence-electron chi connectivity index (χ0n) is 11.3. The molecule has 0 fully saturated rings. The number of para-hydroxylation sites is 1. The number of anilines is 1. The van der Waals surface area contributed by atoms with Crippen LogP contribution in [0.4, 0.5) is 5.69 Å². The zero-order chi connectivity index (χ0) is 13.3. The maximum Gasteiger partial charge on any atom is 0.231 e. The number of hydrogen-bond donors (Lipinski definition) is 2. The van der Waals surface area contributed by atoms with Gasteiger partial charge < -0.3 is 11.1 Å². The van der Waals surface area contributed by atoms with E-state index >= 15 is 0 Å². The highest BCUT2D eigenvalue weighted by Gasteiger charge is 2.40. The van der Waals surface area contributed by atoms with Crippen molar-refractivity contribution in [3.8, 4) is 0 Å². The number of amides is 1. The largest absolute Gasteiger partial charge is 0.325 e. The highest BCUT2D eigenvalue weighted by atomic mass is 16.2. The standard InChI is InChI=1S/C14H22N2O/c1-10-8-6-7-9-11(10)16-12(17)13(2,3)14(4,5)15/h6-9H,15H2,1-5H3,(H,16,17). The van der Waals surface area contributed by atoms with Crippen LogP contribution in [-0.2, 0) is 4.79 Å². The number of carbonyl (C=O) groups is 1. The fourth-order valence-corrected chi connectivity index (χ4v) is 1.28. The minimum Gasteiger partial charge on any atom is -0.325 e. The molecular weight excluding hydrogens is 212 g/mol. The molecule has 0 aliphatic heterocycles. The fraction of sp³-hybridized carbons (Fsp3) is 0.500. The Bertz CT molecular complexity index is 416. The van der Waals surface area contributed by atoms with Crippen LogP contribution in [0.25, 0.3) is 0 Å². The van der Waals surface area contributed by atoms with Gasteiger partial charge in [0.2, 0.25) is 5.91 Å². The van der Waals surface area contributed by atoms with Crippen molar-refractivity contribution >= 4 is 11.6 Å². The summed E-state index contributed by atoms with van der Waals surface area (Å²) in [6.45, 7) is 9.42. The van der Waals surface area contributed by atoms with E-state index < -0.39 is 11.0 Å². The molecule has 0 spiro atoms. The Morgan fingerprint density at radius 1 is 1.18 bits per heavy atom. The van der Waals surface area contributed by atoms with Crippen LogP contribution in [0.15, 0.2) is 24.3 Å². The average Bonchev–Trinajstić information content (AvgIpc) is 2.19. The number of carbonyl (C=O) groups excluding carboxylic acids is 1. The van der Waals surface area contributed by atoms with Crippen LogP contribution in [0.5, 0.6) is 0 Å². The Balaban J connectivity index is 2.91. The van der Waals surface area contributed by atoms with Crippen LogP contribution in [0.3, 0.4) is 0 Å². The predicted octanol–water partition coefficient (Wildman–Crippen LogP) is 2.70. The molecule has 0 radical (unpaired) electrons. The maximum absolute atomic E-state index is 12.2. The molecule has 0 saturated heterocycles. The summed E-state index contributed by atoms with van der Waals surface area (Å²) >= 11 is 0. The number of rotatable bonds is 3. The Labute approximate surface area is 103 Å². The lowest BCUT2D eigenvalue weighted by Gasteiger charge is -2.37. The first-order valence-corrected chi connectivity index (χ1v) is 5.82. The van der Waals surface area contributed by atoms with Crippen LogP contribution in [-0.4, -0.2) is 11.4 Å². The Hall–Kier alpha value is -1.35. The minimum atomic E-state index is -0.630. The molecule has 0 aromatic heterocycles. The number of nitrogens with two attached hydrogens (primary N) is 1. The van der Waals surface area contributed by atoms with E-state index in [0.717, 1.165) is 11.3 Å². The lowest BCUT2D eigenvalue weighted by molar-refractivity contribution is -0.126. The van der Waals surface area contributed by atoms with E-state index in [2.05, 4.69) is 5.32 Å². The summed E-state index contributed by atoms with van der Waals surface area (Å²) in [5.74, 6) is -0.0562. The lowest BCUT2D eigenvalue weighted by atomic mass is 9.74. The molecule has 0 unspecified atom stereocenters. The summed E-state index contributed by atoms with van der Waals surface area (Å²) in [4.78, 5) is 12.2. The number of hydrogen-bond acceptors (Lipinski definition) is 2. The van der Waals surface area contributed by atoms with E-state index in [9.17, 15) is 4.79 Å². The van der Waals surface area contributed by atoms with Crippen molar-refractivity contribution in [3.05, 3.63) is 29.8 Å². The van der Waals surface area contributed by atoms with E-state index in [1.54, 1.807) is 0 Å². The van der Waals surface area contributed by atoms with Crippen molar-refractivity contribution < 1.29 is 4.79 Å². The van der Waals surface area contributed by atoms with E-state index in [1.165, 1.54) is 0 Å². The minimum absolute atomic E-state index is 0.0562. The molecule has 1 aromatic carbocycles. The Morgan fingerprint density at radius 3 is 2.18 bits per heavy atom. The molecular formula is C14H22N2O. The van der Waals surface area contributed by atoms with Crippen LogP contribution in [0, 0.1) is 12.3 Å². The molecule has 1 amide bonds. The van der Waals surface area contributed by atoms with E-state index in [-0.39, 0.29) is 5.91 Å². The van der Waals surface area contributed by atoms with Gasteiger partial charge in [0, 0.05) is 11.2 Å². The summed E-state index contributed by atoms with van der Waals surface area (Å²) in [5.41, 5.74) is 6.74. The van der Waals surface area contributed by atoms with Crippen LogP contribution in [0.2, 0.25) is 0 Å². The van der Waals surface area contributed by atoms with Crippen LogP contribution < -0.4 is 11.1 Å². The van der Waals surface area contributed by atoms with Gasteiger partial charge in [0.05, 0.1) is 5.41 Å². The van der Waals surface area contributed by atoms with Crippen molar-refractivity contribution in [1.82, 2.24) is 0 Å². The second-order valence-corrected chi connectivity index (χ2v) is 5.62. The second-order valence-electron chi connectivity index (χ2n) is 5.62. The monoisotopic (exact) mass is 234 g/mol. The maximum atomic E-state index is 12.2.